The van der Waals surface area contributed by atoms with Crippen LogP contribution in [0.5, 0.6) is 0 Å². The van der Waals surface area contributed by atoms with Crippen molar-refractivity contribution < 1.29 is 14.0 Å². The number of nitrogens with zero attached hydrogens (tertiary/aromatic N) is 2. The van der Waals surface area contributed by atoms with Crippen LogP contribution in [0.15, 0.2) is 42.6 Å². The summed E-state index contributed by atoms with van der Waals surface area (Å²) in [4.78, 5) is 11.9. The van der Waals surface area contributed by atoms with Gasteiger partial charge in [-0.25, -0.2) is 4.79 Å². The first-order valence-corrected chi connectivity index (χ1v) is 6.57. The number of aromatic nitrogens is 1. The van der Waals surface area contributed by atoms with Crippen LogP contribution in [0.4, 0.5) is 0 Å². The largest absolute Gasteiger partial charge is 0.465 e. The lowest BCUT2D eigenvalue weighted by atomic mass is 10.1. The second-order valence-corrected chi connectivity index (χ2v) is 5.83. The molecule has 20 heavy (non-hydrogen) atoms. The van der Waals surface area contributed by atoms with E-state index in [0.29, 0.717) is 5.56 Å². The molecule has 106 valence electrons. The number of methoxy groups -OCH3 is 1. The van der Waals surface area contributed by atoms with Gasteiger partial charge in [-0.15, -0.1) is 0 Å². The molecule has 0 N–H and O–H groups in total. The van der Waals surface area contributed by atoms with Crippen molar-refractivity contribution in [2.24, 2.45) is 0 Å². The average molecular weight is 273 g/mol. The standard InChI is InChI=1S/C16H21N2O2/c1-18(2,3)12-13-8-7-11-17(13)15-10-6-5-9-14(15)16(19)20-4/h5-11H,12H2,1-4H3/q+1. The second kappa shape index (κ2) is 5.51. The van der Waals surface area contributed by atoms with E-state index in [2.05, 4.69) is 31.8 Å². The number of quaternary nitrogens is 1. The molecule has 0 amide bonds. The first-order valence-electron chi connectivity index (χ1n) is 6.57. The molecule has 0 fully saturated rings. The minimum Gasteiger partial charge on any atom is -0.465 e. The van der Waals surface area contributed by atoms with E-state index < -0.39 is 0 Å². The molecule has 0 saturated carbocycles. The number of para-hydroxylation sites is 1. The summed E-state index contributed by atoms with van der Waals surface area (Å²) < 4.78 is 7.73. The zero-order chi connectivity index (χ0) is 14.8. The van der Waals surface area contributed by atoms with Crippen molar-refractivity contribution in [2.75, 3.05) is 28.3 Å². The fourth-order valence-corrected chi connectivity index (χ4v) is 2.23. The molecule has 0 spiro atoms. The van der Waals surface area contributed by atoms with Gasteiger partial charge in [-0.1, -0.05) is 12.1 Å². The third-order valence-electron chi connectivity index (χ3n) is 3.04. The smallest absolute Gasteiger partial charge is 0.339 e. The van der Waals surface area contributed by atoms with Gasteiger partial charge in [0.1, 0.15) is 6.54 Å². The van der Waals surface area contributed by atoms with Crippen molar-refractivity contribution in [2.45, 2.75) is 6.54 Å². The quantitative estimate of drug-likeness (QED) is 0.633. The summed E-state index contributed by atoms with van der Waals surface area (Å²) in [7, 11) is 7.83. The Balaban J connectivity index is 2.48. The van der Waals surface area contributed by atoms with E-state index in [4.69, 9.17) is 4.74 Å². The first kappa shape index (κ1) is 14.3. The maximum absolute atomic E-state index is 11.9. The van der Waals surface area contributed by atoms with Crippen LogP contribution in [-0.2, 0) is 11.3 Å². The Morgan fingerprint density at radius 3 is 2.50 bits per heavy atom. The summed E-state index contributed by atoms with van der Waals surface area (Å²) in [5.41, 5.74) is 2.59. The highest BCUT2D eigenvalue weighted by molar-refractivity contribution is 5.93. The molecule has 2 rings (SSSR count). The fourth-order valence-electron chi connectivity index (χ4n) is 2.23. The number of esters is 1. The lowest BCUT2D eigenvalue weighted by Crippen LogP contribution is -2.34. The summed E-state index contributed by atoms with van der Waals surface area (Å²) in [5.74, 6) is -0.314. The van der Waals surface area contributed by atoms with E-state index in [-0.39, 0.29) is 5.97 Å². The molecule has 0 aliphatic carbocycles. The number of hydrogen-bond acceptors (Lipinski definition) is 2. The van der Waals surface area contributed by atoms with Crippen LogP contribution < -0.4 is 0 Å². The van der Waals surface area contributed by atoms with E-state index in [9.17, 15) is 4.79 Å². The van der Waals surface area contributed by atoms with Gasteiger partial charge in [-0.2, -0.15) is 0 Å². The van der Waals surface area contributed by atoms with Gasteiger partial charge in [0, 0.05) is 6.20 Å². The number of hydrogen-bond donors (Lipinski definition) is 0. The number of carbonyl (C=O) groups excluding carboxylic acids is 1. The minimum absolute atomic E-state index is 0.314. The Labute approximate surface area is 119 Å². The van der Waals surface area contributed by atoms with Gasteiger partial charge in [0.2, 0.25) is 0 Å². The predicted octanol–water partition coefficient (Wildman–Crippen LogP) is 2.47. The van der Waals surface area contributed by atoms with Gasteiger partial charge >= 0.3 is 5.97 Å². The van der Waals surface area contributed by atoms with Crippen molar-refractivity contribution in [3.8, 4) is 5.69 Å². The highest BCUT2D eigenvalue weighted by Gasteiger charge is 2.17. The summed E-state index contributed by atoms with van der Waals surface area (Å²) in [6, 6.07) is 11.6. The summed E-state index contributed by atoms with van der Waals surface area (Å²) in [6.07, 6.45) is 1.98. The first-order chi connectivity index (χ1) is 9.42. The molecular weight excluding hydrogens is 252 g/mol. The molecule has 0 unspecified atom stereocenters. The Hall–Kier alpha value is -2.07. The highest BCUT2D eigenvalue weighted by Crippen LogP contribution is 2.20. The molecule has 0 aliphatic rings. The molecule has 0 radical (unpaired) electrons. The van der Waals surface area contributed by atoms with Crippen LogP contribution in [0.1, 0.15) is 16.1 Å². The third-order valence-corrected chi connectivity index (χ3v) is 3.04. The normalized spacial score (nSPS) is 11.4. The van der Waals surface area contributed by atoms with Gasteiger partial charge in [0.05, 0.1) is 45.2 Å². The van der Waals surface area contributed by atoms with Crippen molar-refractivity contribution in [1.82, 2.24) is 4.57 Å². The second-order valence-electron chi connectivity index (χ2n) is 5.83. The topological polar surface area (TPSA) is 31.2 Å². The Bertz CT molecular complexity index is 609. The minimum atomic E-state index is -0.314. The van der Waals surface area contributed by atoms with E-state index in [0.717, 1.165) is 22.4 Å². The summed E-state index contributed by atoms with van der Waals surface area (Å²) >= 11 is 0. The molecule has 4 nitrogen and oxygen atoms in total. The Kier molecular flexibility index (Phi) is 3.95. The van der Waals surface area contributed by atoms with E-state index in [1.165, 1.54) is 7.11 Å². The lowest BCUT2D eigenvalue weighted by Gasteiger charge is -2.25. The van der Waals surface area contributed by atoms with Crippen molar-refractivity contribution in [3.05, 3.63) is 53.9 Å². The van der Waals surface area contributed by atoms with Gasteiger partial charge in [-0.05, 0) is 24.3 Å². The van der Waals surface area contributed by atoms with Gasteiger partial charge in [0.15, 0.2) is 0 Å². The molecule has 4 heteroatoms. The van der Waals surface area contributed by atoms with Crippen molar-refractivity contribution >= 4 is 5.97 Å². The number of rotatable bonds is 4. The van der Waals surface area contributed by atoms with E-state index in [1.54, 1.807) is 6.07 Å². The highest BCUT2D eigenvalue weighted by atomic mass is 16.5. The molecule has 1 aromatic carbocycles. The molecule has 0 saturated heterocycles. The maximum atomic E-state index is 11.9. The summed E-state index contributed by atoms with van der Waals surface area (Å²) in [5, 5.41) is 0. The van der Waals surface area contributed by atoms with E-state index in [1.807, 2.05) is 30.5 Å². The summed E-state index contributed by atoms with van der Waals surface area (Å²) in [6.45, 7) is 0.877. The van der Waals surface area contributed by atoms with Crippen LogP contribution in [0.25, 0.3) is 5.69 Å². The predicted molar refractivity (Wildman–Crippen MR) is 78.8 cm³/mol. The van der Waals surface area contributed by atoms with Crippen molar-refractivity contribution in [3.63, 3.8) is 0 Å². The lowest BCUT2D eigenvalue weighted by molar-refractivity contribution is -0.884. The van der Waals surface area contributed by atoms with E-state index >= 15 is 0 Å². The van der Waals surface area contributed by atoms with Crippen LogP contribution in [-0.4, -0.2) is 43.3 Å². The Morgan fingerprint density at radius 1 is 1.15 bits per heavy atom. The average Bonchev–Trinajstić information content (AvgIpc) is 2.83. The van der Waals surface area contributed by atoms with Gasteiger partial charge in [0.25, 0.3) is 0 Å². The van der Waals surface area contributed by atoms with Crippen LogP contribution in [0.2, 0.25) is 0 Å². The molecule has 2 aromatic rings. The zero-order valence-electron chi connectivity index (χ0n) is 12.5. The molecule has 0 atom stereocenters. The van der Waals surface area contributed by atoms with Gasteiger partial charge in [-0.3, -0.25) is 0 Å². The van der Waals surface area contributed by atoms with Crippen LogP contribution in [0, 0.1) is 0 Å². The van der Waals surface area contributed by atoms with Crippen LogP contribution >= 0.6 is 0 Å². The van der Waals surface area contributed by atoms with Gasteiger partial charge < -0.3 is 13.8 Å². The monoisotopic (exact) mass is 273 g/mol. The number of carbonyl (C=O) groups is 1. The zero-order valence-corrected chi connectivity index (χ0v) is 12.5. The maximum Gasteiger partial charge on any atom is 0.339 e. The third kappa shape index (κ3) is 3.08. The van der Waals surface area contributed by atoms with Crippen LogP contribution in [0.3, 0.4) is 0 Å². The molecule has 0 bridgehead atoms. The molecule has 1 heterocycles. The molecule has 0 aliphatic heterocycles. The van der Waals surface area contributed by atoms with Crippen molar-refractivity contribution in [1.29, 1.82) is 0 Å². The number of ether oxygens (including phenoxy) is 1. The fraction of sp³-hybridized carbons (Fsp3) is 0.312. The Morgan fingerprint density at radius 2 is 1.85 bits per heavy atom. The number of benzene rings is 1. The SMILES string of the molecule is COC(=O)c1ccccc1-n1cccc1C[N+](C)(C)C. The molecular formula is C16H21N2O2+. The molecule has 1 aromatic heterocycles.